The van der Waals surface area contributed by atoms with E-state index in [2.05, 4.69) is 72.7 Å². The molecule has 0 aliphatic rings. The molecule has 2 aromatic carbocycles. The van der Waals surface area contributed by atoms with E-state index >= 15 is 0 Å². The van der Waals surface area contributed by atoms with Crippen LogP contribution in [0.2, 0.25) is 0 Å². The SMILES string of the molecule is CCCC(c1cc(C)cc(C(C)CC)c1O)c1cc(C)cc(C(C)CC)c1O. The van der Waals surface area contributed by atoms with Crippen LogP contribution in [-0.4, -0.2) is 10.2 Å². The molecule has 0 saturated carbocycles. The Bertz CT molecular complexity index is 741. The maximum atomic E-state index is 11.2. The predicted octanol–water partition coefficient (Wildman–Crippen LogP) is 7.67. The van der Waals surface area contributed by atoms with Crippen molar-refractivity contribution in [3.8, 4) is 11.5 Å². The van der Waals surface area contributed by atoms with Crippen LogP contribution in [0.3, 0.4) is 0 Å². The van der Waals surface area contributed by atoms with Crippen molar-refractivity contribution < 1.29 is 10.2 Å². The van der Waals surface area contributed by atoms with Gasteiger partial charge in [-0.3, -0.25) is 0 Å². The van der Waals surface area contributed by atoms with Crippen LogP contribution in [0, 0.1) is 13.8 Å². The van der Waals surface area contributed by atoms with E-state index in [0.717, 1.165) is 47.9 Å². The number of phenols is 2. The van der Waals surface area contributed by atoms with Crippen LogP contribution in [0.1, 0.15) is 111 Å². The molecule has 0 amide bonds. The number of aryl methyl sites for hydroxylation is 2. The Kier molecular flexibility index (Phi) is 7.57. The topological polar surface area (TPSA) is 40.5 Å². The molecule has 0 heterocycles. The van der Waals surface area contributed by atoms with Crippen LogP contribution in [0.15, 0.2) is 24.3 Å². The third-order valence-corrected chi connectivity index (χ3v) is 6.24. The van der Waals surface area contributed by atoms with Gasteiger partial charge in [-0.25, -0.2) is 0 Å². The summed E-state index contributed by atoms with van der Waals surface area (Å²) >= 11 is 0. The second kappa shape index (κ2) is 9.49. The first-order chi connectivity index (χ1) is 13.2. The molecule has 2 nitrogen and oxygen atoms in total. The Balaban J connectivity index is 2.71. The summed E-state index contributed by atoms with van der Waals surface area (Å²) in [6.45, 7) is 15.0. The lowest BCUT2D eigenvalue weighted by molar-refractivity contribution is 0.437. The van der Waals surface area contributed by atoms with Gasteiger partial charge in [0.25, 0.3) is 0 Å². The highest BCUT2D eigenvalue weighted by molar-refractivity contribution is 5.55. The van der Waals surface area contributed by atoms with Crippen LogP contribution < -0.4 is 0 Å². The van der Waals surface area contributed by atoms with Crippen molar-refractivity contribution in [3.63, 3.8) is 0 Å². The minimum atomic E-state index is -0.00425. The zero-order valence-corrected chi connectivity index (χ0v) is 18.8. The Labute approximate surface area is 171 Å². The zero-order valence-electron chi connectivity index (χ0n) is 18.8. The summed E-state index contributed by atoms with van der Waals surface area (Å²) < 4.78 is 0. The Morgan fingerprint density at radius 2 is 1.04 bits per heavy atom. The van der Waals surface area contributed by atoms with Crippen LogP contribution in [0.4, 0.5) is 0 Å². The van der Waals surface area contributed by atoms with Crippen molar-refractivity contribution in [2.75, 3.05) is 0 Å². The fourth-order valence-electron chi connectivity index (χ4n) is 4.16. The minimum absolute atomic E-state index is 0.00425. The van der Waals surface area contributed by atoms with Crippen LogP contribution in [0.5, 0.6) is 11.5 Å². The molecule has 2 N–H and O–H groups in total. The van der Waals surface area contributed by atoms with E-state index in [9.17, 15) is 10.2 Å². The maximum absolute atomic E-state index is 11.2. The zero-order chi connectivity index (χ0) is 21.0. The maximum Gasteiger partial charge on any atom is 0.122 e. The van der Waals surface area contributed by atoms with E-state index < -0.39 is 0 Å². The highest BCUT2D eigenvalue weighted by Crippen LogP contribution is 2.45. The van der Waals surface area contributed by atoms with Gasteiger partial charge in [0.15, 0.2) is 0 Å². The van der Waals surface area contributed by atoms with Crippen molar-refractivity contribution >= 4 is 0 Å². The van der Waals surface area contributed by atoms with Crippen molar-refractivity contribution in [1.29, 1.82) is 0 Å². The molecule has 28 heavy (non-hydrogen) atoms. The lowest BCUT2D eigenvalue weighted by Gasteiger charge is -2.25. The Morgan fingerprint density at radius 3 is 1.36 bits per heavy atom. The molecule has 0 radical (unpaired) electrons. The molecule has 2 heteroatoms. The van der Waals surface area contributed by atoms with Crippen molar-refractivity contribution in [1.82, 2.24) is 0 Å². The molecule has 154 valence electrons. The number of benzene rings is 2. The van der Waals surface area contributed by atoms with Crippen LogP contribution in [0.25, 0.3) is 0 Å². The smallest absolute Gasteiger partial charge is 0.122 e. The summed E-state index contributed by atoms with van der Waals surface area (Å²) in [5, 5.41) is 22.4. The molecular formula is C26H38O2. The summed E-state index contributed by atoms with van der Waals surface area (Å²) in [5.41, 5.74) is 6.28. The number of aromatic hydroxyl groups is 2. The first-order valence-corrected chi connectivity index (χ1v) is 10.9. The number of phenolic OH excluding ortho intramolecular Hbond substituents is 2. The molecule has 2 unspecified atom stereocenters. The van der Waals surface area contributed by atoms with Gasteiger partial charge in [0.2, 0.25) is 0 Å². The van der Waals surface area contributed by atoms with Gasteiger partial charge in [0.1, 0.15) is 11.5 Å². The minimum Gasteiger partial charge on any atom is -0.507 e. The molecule has 2 aromatic rings. The normalized spacial score (nSPS) is 14.7. The summed E-state index contributed by atoms with van der Waals surface area (Å²) in [5.74, 6) is 1.43. The summed E-state index contributed by atoms with van der Waals surface area (Å²) in [6.07, 6.45) is 3.86. The third-order valence-electron chi connectivity index (χ3n) is 6.24. The Morgan fingerprint density at radius 1 is 0.679 bits per heavy atom. The van der Waals surface area contributed by atoms with Gasteiger partial charge in [-0.1, -0.05) is 76.4 Å². The van der Waals surface area contributed by atoms with Gasteiger partial charge in [-0.2, -0.15) is 0 Å². The molecule has 0 fully saturated rings. The summed E-state index contributed by atoms with van der Waals surface area (Å²) in [6, 6.07) is 8.42. The van der Waals surface area contributed by atoms with Gasteiger partial charge in [0.05, 0.1) is 0 Å². The van der Waals surface area contributed by atoms with Gasteiger partial charge in [0, 0.05) is 17.0 Å². The van der Waals surface area contributed by atoms with E-state index in [-0.39, 0.29) is 5.92 Å². The molecular weight excluding hydrogens is 344 g/mol. The Hall–Kier alpha value is -1.96. The summed E-state index contributed by atoms with van der Waals surface area (Å²) in [4.78, 5) is 0. The van der Waals surface area contributed by atoms with E-state index in [1.54, 1.807) is 0 Å². The molecule has 0 saturated heterocycles. The fourth-order valence-corrected chi connectivity index (χ4v) is 4.16. The molecule has 2 rings (SSSR count). The average molecular weight is 383 g/mol. The van der Waals surface area contributed by atoms with Crippen molar-refractivity contribution in [2.24, 2.45) is 0 Å². The molecule has 2 atom stereocenters. The van der Waals surface area contributed by atoms with Gasteiger partial charge >= 0.3 is 0 Å². The monoisotopic (exact) mass is 382 g/mol. The van der Waals surface area contributed by atoms with E-state index in [4.69, 9.17) is 0 Å². The van der Waals surface area contributed by atoms with E-state index in [0.29, 0.717) is 23.3 Å². The highest BCUT2D eigenvalue weighted by Gasteiger charge is 2.25. The number of hydrogen-bond acceptors (Lipinski definition) is 2. The van der Waals surface area contributed by atoms with Gasteiger partial charge in [-0.15, -0.1) is 0 Å². The third kappa shape index (κ3) is 4.54. The van der Waals surface area contributed by atoms with Crippen LogP contribution in [-0.2, 0) is 0 Å². The first-order valence-electron chi connectivity index (χ1n) is 10.9. The number of hydrogen-bond donors (Lipinski definition) is 2. The first kappa shape index (κ1) is 22.3. The van der Waals surface area contributed by atoms with Gasteiger partial charge < -0.3 is 10.2 Å². The highest BCUT2D eigenvalue weighted by atomic mass is 16.3. The standard InChI is InChI=1S/C26H38O2/c1-8-11-20(23-14-16(4)12-21(25(23)27)18(6)9-2)24-15-17(5)13-22(26(24)28)19(7)10-3/h12-15,18-20,27-28H,8-11H2,1-7H3. The lowest BCUT2D eigenvalue weighted by Crippen LogP contribution is -2.07. The van der Waals surface area contributed by atoms with Gasteiger partial charge in [-0.05, 0) is 56.1 Å². The lowest BCUT2D eigenvalue weighted by atomic mass is 9.80. The molecule has 0 aromatic heterocycles. The van der Waals surface area contributed by atoms with E-state index in [1.807, 2.05) is 0 Å². The van der Waals surface area contributed by atoms with Crippen molar-refractivity contribution in [2.45, 2.75) is 91.9 Å². The molecule has 0 bridgehead atoms. The molecule has 0 aliphatic carbocycles. The summed E-state index contributed by atoms with van der Waals surface area (Å²) in [7, 11) is 0. The second-order valence-electron chi connectivity index (χ2n) is 8.54. The van der Waals surface area contributed by atoms with Crippen molar-refractivity contribution in [3.05, 3.63) is 57.6 Å². The van der Waals surface area contributed by atoms with Crippen LogP contribution >= 0.6 is 0 Å². The second-order valence-corrected chi connectivity index (χ2v) is 8.54. The largest absolute Gasteiger partial charge is 0.507 e. The molecule has 0 spiro atoms. The quantitative estimate of drug-likeness (QED) is 0.491. The fraction of sp³-hybridized carbons (Fsp3) is 0.538. The predicted molar refractivity (Wildman–Crippen MR) is 120 cm³/mol. The van der Waals surface area contributed by atoms with E-state index in [1.165, 1.54) is 11.1 Å². The number of rotatable bonds is 8. The average Bonchev–Trinajstić information content (AvgIpc) is 2.68. The molecule has 0 aliphatic heterocycles.